The Balaban J connectivity index is 1.66. The molecule has 14 heteroatoms. The van der Waals surface area contributed by atoms with Gasteiger partial charge in [-0.2, -0.15) is 0 Å². The smallest absolute Gasteiger partial charge is 0.413 e. The van der Waals surface area contributed by atoms with Crippen molar-refractivity contribution >= 4 is 29.4 Å². The summed E-state index contributed by atoms with van der Waals surface area (Å²) < 4.78 is 45.0. The summed E-state index contributed by atoms with van der Waals surface area (Å²) in [5.74, 6) is -0.993. The number of aromatic nitrogens is 5. The van der Waals surface area contributed by atoms with E-state index in [4.69, 9.17) is 16.3 Å². The summed E-state index contributed by atoms with van der Waals surface area (Å²) in [6.45, 7) is 4.75. The molecule has 3 heterocycles. The zero-order valence-corrected chi connectivity index (χ0v) is 19.9. The van der Waals surface area contributed by atoms with Gasteiger partial charge in [-0.25, -0.2) is 27.6 Å². The molecule has 0 saturated heterocycles. The molecule has 0 bridgehead atoms. The van der Waals surface area contributed by atoms with Crippen LogP contribution in [0.4, 0.5) is 23.8 Å². The molecule has 10 nitrogen and oxygen atoms in total. The molecule has 0 fully saturated rings. The highest BCUT2D eigenvalue weighted by molar-refractivity contribution is 6.30. The Kier molecular flexibility index (Phi) is 8.59. The zero-order valence-electron chi connectivity index (χ0n) is 19.1. The molecule has 2 amide bonds. The first-order chi connectivity index (χ1) is 17.1. The lowest BCUT2D eigenvalue weighted by molar-refractivity contribution is 0.0951. The SMILES string of the molecule is C=C(CCNC(=O)c1ccc(-c2nnn(C)c2NC(=O)O[C@H](C)c2cc(F)cnc2Cl)nc1)C(F)F. The third-order valence-electron chi connectivity index (χ3n) is 4.91. The second-order valence-corrected chi connectivity index (χ2v) is 7.87. The predicted octanol–water partition coefficient (Wildman–Crippen LogP) is 4.32. The molecule has 0 aromatic carbocycles. The normalized spacial score (nSPS) is 11.8. The van der Waals surface area contributed by atoms with Crippen molar-refractivity contribution < 1.29 is 27.5 Å². The Morgan fingerprint density at radius 2 is 2.00 bits per heavy atom. The van der Waals surface area contributed by atoms with Crippen LogP contribution in [0.2, 0.25) is 5.15 Å². The topological polar surface area (TPSA) is 124 Å². The quantitative estimate of drug-likeness (QED) is 0.316. The molecular formula is C22H21ClF3N7O3. The molecule has 3 rings (SSSR count). The van der Waals surface area contributed by atoms with E-state index in [1.165, 1.54) is 37.0 Å². The number of carbonyl (C=O) groups excluding carboxylic acids is 2. The van der Waals surface area contributed by atoms with E-state index in [1.807, 2.05) is 0 Å². The van der Waals surface area contributed by atoms with Crippen LogP contribution in [0.3, 0.4) is 0 Å². The number of ether oxygens (including phenoxy) is 1. The number of amides is 2. The fourth-order valence-electron chi connectivity index (χ4n) is 2.96. The van der Waals surface area contributed by atoms with Crippen LogP contribution in [-0.2, 0) is 11.8 Å². The van der Waals surface area contributed by atoms with Gasteiger partial charge >= 0.3 is 6.09 Å². The van der Waals surface area contributed by atoms with Crippen molar-refractivity contribution in [2.75, 3.05) is 11.9 Å². The number of alkyl halides is 2. The number of halogens is 4. The number of pyridine rings is 2. The molecule has 0 saturated carbocycles. The molecule has 0 aliphatic rings. The fourth-order valence-corrected chi connectivity index (χ4v) is 3.22. The Morgan fingerprint density at radius 3 is 2.67 bits per heavy atom. The largest absolute Gasteiger partial charge is 0.441 e. The minimum atomic E-state index is -2.64. The van der Waals surface area contributed by atoms with Gasteiger partial charge in [0.15, 0.2) is 11.5 Å². The van der Waals surface area contributed by atoms with Crippen molar-refractivity contribution in [1.29, 1.82) is 0 Å². The molecule has 0 aliphatic heterocycles. The van der Waals surface area contributed by atoms with E-state index >= 15 is 0 Å². The first-order valence-corrected chi connectivity index (χ1v) is 10.8. The first kappa shape index (κ1) is 26.6. The summed E-state index contributed by atoms with van der Waals surface area (Å²) in [6, 6.07) is 4.05. The minimum Gasteiger partial charge on any atom is -0.441 e. The van der Waals surface area contributed by atoms with Gasteiger partial charge in [-0.15, -0.1) is 5.10 Å². The lowest BCUT2D eigenvalue weighted by atomic mass is 10.2. The maximum Gasteiger partial charge on any atom is 0.413 e. The molecule has 3 aromatic rings. The van der Waals surface area contributed by atoms with Crippen LogP contribution in [0, 0.1) is 5.82 Å². The number of hydrogen-bond acceptors (Lipinski definition) is 7. The van der Waals surface area contributed by atoms with Crippen LogP contribution in [0.1, 0.15) is 35.4 Å². The lowest BCUT2D eigenvalue weighted by Gasteiger charge is -2.15. The third-order valence-corrected chi connectivity index (χ3v) is 5.23. The molecule has 3 aromatic heterocycles. The van der Waals surface area contributed by atoms with Crippen LogP contribution in [-0.4, -0.2) is 49.9 Å². The standard InChI is InChI=1S/C22H21ClF3N7O3/c1-11(19(25)26)6-7-27-21(34)13-4-5-16(28-9-13)17-20(33(3)32-31-17)30-22(35)36-12(2)15-8-14(24)10-29-18(15)23/h4-5,8-10,12,19H,1,6-7H2,2-3H3,(H,27,34)(H,30,35)/t12-/m1/s1. The van der Waals surface area contributed by atoms with Crippen LogP contribution in [0.5, 0.6) is 0 Å². The van der Waals surface area contributed by atoms with Gasteiger partial charge < -0.3 is 10.1 Å². The molecular weight excluding hydrogens is 503 g/mol. The number of nitrogens with zero attached hydrogens (tertiary/aromatic N) is 5. The molecule has 190 valence electrons. The minimum absolute atomic E-state index is 0.000577. The molecule has 0 aliphatic carbocycles. The van der Waals surface area contributed by atoms with Crippen molar-refractivity contribution in [3.63, 3.8) is 0 Å². The van der Waals surface area contributed by atoms with Crippen molar-refractivity contribution in [3.8, 4) is 11.4 Å². The van der Waals surface area contributed by atoms with Gasteiger partial charge in [0.05, 0.1) is 17.5 Å². The van der Waals surface area contributed by atoms with E-state index in [-0.39, 0.29) is 52.0 Å². The first-order valence-electron chi connectivity index (χ1n) is 10.5. The number of rotatable bonds is 9. The number of aryl methyl sites for hydroxylation is 1. The Morgan fingerprint density at radius 1 is 1.25 bits per heavy atom. The Labute approximate surface area is 208 Å². The van der Waals surface area contributed by atoms with Gasteiger partial charge in [0.2, 0.25) is 0 Å². The molecule has 2 N–H and O–H groups in total. The van der Waals surface area contributed by atoms with Crippen LogP contribution >= 0.6 is 11.6 Å². The lowest BCUT2D eigenvalue weighted by Crippen LogP contribution is -2.25. The van der Waals surface area contributed by atoms with Gasteiger partial charge in [0.25, 0.3) is 12.3 Å². The van der Waals surface area contributed by atoms with Crippen molar-refractivity contribution in [3.05, 3.63) is 64.8 Å². The Hall–Kier alpha value is -4.00. The van der Waals surface area contributed by atoms with Crippen LogP contribution < -0.4 is 10.6 Å². The second kappa shape index (κ2) is 11.6. The van der Waals surface area contributed by atoms with Gasteiger partial charge in [-0.05, 0) is 37.1 Å². The molecule has 0 spiro atoms. The van der Waals surface area contributed by atoms with Crippen molar-refractivity contribution in [2.24, 2.45) is 7.05 Å². The van der Waals surface area contributed by atoms with Gasteiger partial charge in [-0.1, -0.05) is 23.4 Å². The molecule has 36 heavy (non-hydrogen) atoms. The maximum atomic E-state index is 13.5. The van der Waals surface area contributed by atoms with Crippen molar-refractivity contribution in [1.82, 2.24) is 30.3 Å². The van der Waals surface area contributed by atoms with Gasteiger partial charge in [0, 0.05) is 25.4 Å². The van der Waals surface area contributed by atoms with E-state index < -0.39 is 30.3 Å². The number of nitrogens with one attached hydrogen (secondary N) is 2. The highest BCUT2D eigenvalue weighted by Crippen LogP contribution is 2.27. The highest BCUT2D eigenvalue weighted by atomic mass is 35.5. The van der Waals surface area contributed by atoms with E-state index in [9.17, 15) is 22.8 Å². The van der Waals surface area contributed by atoms with E-state index in [2.05, 4.69) is 37.5 Å². The summed E-state index contributed by atoms with van der Waals surface area (Å²) in [5.41, 5.74) is 0.576. The van der Waals surface area contributed by atoms with E-state index in [0.717, 1.165) is 12.3 Å². The highest BCUT2D eigenvalue weighted by Gasteiger charge is 2.21. The summed E-state index contributed by atoms with van der Waals surface area (Å²) in [6.07, 6.45) is -2.30. The van der Waals surface area contributed by atoms with Gasteiger partial charge in [0.1, 0.15) is 17.1 Å². The number of carbonyl (C=O) groups is 2. The van der Waals surface area contributed by atoms with Crippen LogP contribution in [0.25, 0.3) is 11.4 Å². The van der Waals surface area contributed by atoms with Crippen LogP contribution in [0.15, 0.2) is 42.7 Å². The number of hydrogen-bond donors (Lipinski definition) is 2. The third kappa shape index (κ3) is 6.56. The van der Waals surface area contributed by atoms with E-state index in [0.29, 0.717) is 0 Å². The average Bonchev–Trinajstić information content (AvgIpc) is 3.20. The predicted molar refractivity (Wildman–Crippen MR) is 124 cm³/mol. The fraction of sp³-hybridized carbons (Fsp3) is 0.273. The summed E-state index contributed by atoms with van der Waals surface area (Å²) in [7, 11) is 1.53. The Bertz CT molecular complexity index is 1270. The molecule has 1 atom stereocenters. The number of anilines is 1. The average molecular weight is 524 g/mol. The maximum absolute atomic E-state index is 13.5. The van der Waals surface area contributed by atoms with Gasteiger partial charge in [-0.3, -0.25) is 15.1 Å². The molecule has 0 unspecified atom stereocenters. The summed E-state index contributed by atoms with van der Waals surface area (Å²) >= 11 is 5.95. The van der Waals surface area contributed by atoms with Crippen molar-refractivity contribution in [2.45, 2.75) is 25.9 Å². The summed E-state index contributed by atoms with van der Waals surface area (Å²) in [4.78, 5) is 32.6. The zero-order chi connectivity index (χ0) is 26.4. The van der Waals surface area contributed by atoms with E-state index in [1.54, 1.807) is 0 Å². The monoisotopic (exact) mass is 523 g/mol. The second-order valence-electron chi connectivity index (χ2n) is 7.51. The summed E-state index contributed by atoms with van der Waals surface area (Å²) in [5, 5.41) is 12.9. The molecule has 0 radical (unpaired) electrons.